The van der Waals surface area contributed by atoms with Gasteiger partial charge in [0.25, 0.3) is 11.5 Å². The summed E-state index contributed by atoms with van der Waals surface area (Å²) in [6, 6.07) is 5.05. The highest BCUT2D eigenvalue weighted by molar-refractivity contribution is 5.98. The second kappa shape index (κ2) is 6.29. The fraction of sp³-hybridized carbons (Fsp3) is 0.0625. The molecule has 0 radical (unpaired) electrons. The molecule has 4 aromatic heterocycles. The number of anilines is 3. The third kappa shape index (κ3) is 2.76. The zero-order chi connectivity index (χ0) is 19.0. The van der Waals surface area contributed by atoms with E-state index in [4.69, 9.17) is 10.2 Å². The first-order chi connectivity index (χ1) is 13.1. The Balaban J connectivity index is 1.80. The van der Waals surface area contributed by atoms with Gasteiger partial charge in [0.05, 0.1) is 12.4 Å². The summed E-state index contributed by atoms with van der Waals surface area (Å²) < 4.78 is 7.87. The summed E-state index contributed by atoms with van der Waals surface area (Å²) in [6.07, 6.45) is 5.70. The van der Waals surface area contributed by atoms with Gasteiger partial charge in [0, 0.05) is 19.3 Å². The minimum Gasteiger partial charge on any atom is -0.432 e. The molecule has 0 saturated heterocycles. The van der Waals surface area contributed by atoms with E-state index in [-0.39, 0.29) is 28.5 Å². The van der Waals surface area contributed by atoms with E-state index < -0.39 is 5.91 Å². The summed E-state index contributed by atoms with van der Waals surface area (Å²) in [5, 5.41) is 10.0. The summed E-state index contributed by atoms with van der Waals surface area (Å²) in [5.41, 5.74) is 5.67. The maximum Gasteiger partial charge on any atom is 0.308 e. The van der Waals surface area contributed by atoms with Crippen molar-refractivity contribution >= 4 is 28.9 Å². The topological polar surface area (TPSA) is 145 Å². The fourth-order valence-corrected chi connectivity index (χ4v) is 2.59. The summed E-state index contributed by atoms with van der Waals surface area (Å²) in [5.74, 6) is 0.235. The number of hydrogen-bond donors (Lipinski definition) is 3. The summed E-state index contributed by atoms with van der Waals surface area (Å²) in [7, 11) is 1.70. The molecule has 11 nitrogen and oxygen atoms in total. The van der Waals surface area contributed by atoms with Crippen LogP contribution in [0.1, 0.15) is 10.4 Å². The molecule has 1 amide bonds. The average Bonchev–Trinajstić information content (AvgIpc) is 3.32. The van der Waals surface area contributed by atoms with Crippen LogP contribution in [0.15, 0.2) is 52.3 Å². The van der Waals surface area contributed by atoms with Gasteiger partial charge in [0.15, 0.2) is 5.65 Å². The maximum absolute atomic E-state index is 12.7. The number of primary amides is 1. The molecule has 0 aliphatic rings. The predicted octanol–water partition coefficient (Wildman–Crippen LogP) is 0.752. The van der Waals surface area contributed by atoms with Crippen LogP contribution >= 0.6 is 0 Å². The molecule has 0 spiro atoms. The first-order valence-electron chi connectivity index (χ1n) is 7.83. The van der Waals surface area contributed by atoms with Gasteiger partial charge >= 0.3 is 6.01 Å². The van der Waals surface area contributed by atoms with Crippen molar-refractivity contribution in [1.29, 1.82) is 0 Å². The molecule has 0 atom stereocenters. The van der Waals surface area contributed by atoms with E-state index in [0.717, 1.165) is 0 Å². The van der Waals surface area contributed by atoms with E-state index in [1.54, 1.807) is 25.2 Å². The Morgan fingerprint density at radius 2 is 2.22 bits per heavy atom. The highest BCUT2D eigenvalue weighted by Gasteiger charge is 2.16. The van der Waals surface area contributed by atoms with Crippen molar-refractivity contribution in [2.24, 2.45) is 5.73 Å². The van der Waals surface area contributed by atoms with Gasteiger partial charge in [-0.2, -0.15) is 9.61 Å². The Labute approximate surface area is 151 Å². The third-order valence-corrected chi connectivity index (χ3v) is 3.83. The second-order valence-corrected chi connectivity index (χ2v) is 5.47. The van der Waals surface area contributed by atoms with Crippen LogP contribution < -0.4 is 21.9 Å². The molecule has 0 aliphatic heterocycles. The van der Waals surface area contributed by atoms with Crippen molar-refractivity contribution in [2.75, 3.05) is 17.7 Å². The van der Waals surface area contributed by atoms with Gasteiger partial charge in [-0.3, -0.25) is 9.59 Å². The lowest BCUT2D eigenvalue weighted by molar-refractivity contribution is 0.100. The molecule has 27 heavy (non-hydrogen) atoms. The van der Waals surface area contributed by atoms with Crippen molar-refractivity contribution in [3.63, 3.8) is 0 Å². The van der Waals surface area contributed by atoms with Crippen LogP contribution in [0.3, 0.4) is 0 Å². The third-order valence-electron chi connectivity index (χ3n) is 3.83. The summed E-state index contributed by atoms with van der Waals surface area (Å²) in [6.45, 7) is 0. The Hall–Kier alpha value is -4.15. The number of amides is 1. The molecular weight excluding hydrogens is 352 g/mol. The fourth-order valence-electron chi connectivity index (χ4n) is 2.59. The van der Waals surface area contributed by atoms with Crippen LogP contribution in [0.2, 0.25) is 0 Å². The molecule has 4 aromatic rings. The molecule has 4 heterocycles. The molecule has 11 heteroatoms. The zero-order valence-corrected chi connectivity index (χ0v) is 14.1. The van der Waals surface area contributed by atoms with Crippen LogP contribution in [0.4, 0.5) is 17.3 Å². The average molecular weight is 366 g/mol. The van der Waals surface area contributed by atoms with E-state index in [2.05, 4.69) is 25.7 Å². The largest absolute Gasteiger partial charge is 0.432 e. The van der Waals surface area contributed by atoms with Gasteiger partial charge in [-0.25, -0.2) is 14.5 Å². The molecule has 0 bridgehead atoms. The van der Waals surface area contributed by atoms with Crippen LogP contribution in [0.25, 0.3) is 11.7 Å². The SMILES string of the molecule is CNc1cc(Nc2cccn(-c3ncco3)c2=O)nc2c(C(N)=O)cnn12. The van der Waals surface area contributed by atoms with Crippen molar-refractivity contribution in [3.8, 4) is 6.01 Å². The minimum atomic E-state index is -0.650. The highest BCUT2D eigenvalue weighted by Crippen LogP contribution is 2.20. The quantitative estimate of drug-likeness (QED) is 0.469. The standard InChI is InChI=1S/C16H14N8O3/c1-18-12-7-11(22-14-9(13(17)25)8-20-24(12)14)21-10-3-2-5-23(15(10)26)16-19-4-6-27-16/h2-8,18H,1H3,(H2,17,25)(H,21,22). The summed E-state index contributed by atoms with van der Waals surface area (Å²) in [4.78, 5) is 32.6. The van der Waals surface area contributed by atoms with Gasteiger partial charge < -0.3 is 20.8 Å². The monoisotopic (exact) mass is 366 g/mol. The van der Waals surface area contributed by atoms with Crippen molar-refractivity contribution in [2.45, 2.75) is 0 Å². The van der Waals surface area contributed by atoms with Gasteiger partial charge in [-0.1, -0.05) is 0 Å². The second-order valence-electron chi connectivity index (χ2n) is 5.47. The maximum atomic E-state index is 12.7. The first kappa shape index (κ1) is 16.3. The molecule has 0 unspecified atom stereocenters. The van der Waals surface area contributed by atoms with E-state index in [0.29, 0.717) is 11.6 Å². The molecule has 4 N–H and O–H groups in total. The number of aromatic nitrogens is 5. The number of pyridine rings is 1. The zero-order valence-electron chi connectivity index (χ0n) is 14.1. The Morgan fingerprint density at radius 3 is 2.93 bits per heavy atom. The predicted molar refractivity (Wildman–Crippen MR) is 96.4 cm³/mol. The number of oxazole rings is 1. The van der Waals surface area contributed by atoms with Crippen molar-refractivity contribution < 1.29 is 9.21 Å². The molecule has 0 saturated carbocycles. The number of fused-ring (bicyclic) bond motifs is 1. The number of nitrogens with two attached hydrogens (primary N) is 1. The van der Waals surface area contributed by atoms with Gasteiger partial charge in [-0.15, -0.1) is 0 Å². The molecule has 0 aromatic carbocycles. The van der Waals surface area contributed by atoms with Gasteiger partial charge in [0.1, 0.15) is 29.1 Å². The lowest BCUT2D eigenvalue weighted by Crippen LogP contribution is -2.21. The van der Waals surface area contributed by atoms with Crippen molar-refractivity contribution in [1.82, 2.24) is 24.1 Å². The minimum absolute atomic E-state index is 0.148. The Kier molecular flexibility index (Phi) is 3.81. The molecule has 0 fully saturated rings. The molecule has 4 rings (SSSR count). The number of nitrogens with zero attached hydrogens (tertiary/aromatic N) is 5. The van der Waals surface area contributed by atoms with Crippen LogP contribution in [0, 0.1) is 0 Å². The number of hydrogen-bond acceptors (Lipinski definition) is 8. The van der Waals surface area contributed by atoms with Crippen LogP contribution in [-0.4, -0.2) is 37.1 Å². The smallest absolute Gasteiger partial charge is 0.308 e. The Bertz CT molecular complexity index is 1190. The number of carbonyl (C=O) groups excluding carboxylic acids is 1. The number of rotatable bonds is 5. The molecular formula is C16H14N8O3. The normalized spacial score (nSPS) is 10.9. The summed E-state index contributed by atoms with van der Waals surface area (Å²) >= 11 is 0. The number of carbonyl (C=O) groups is 1. The van der Waals surface area contributed by atoms with E-state index >= 15 is 0 Å². The first-order valence-corrected chi connectivity index (χ1v) is 7.83. The van der Waals surface area contributed by atoms with E-state index in [9.17, 15) is 9.59 Å². The highest BCUT2D eigenvalue weighted by atomic mass is 16.4. The lowest BCUT2D eigenvalue weighted by Gasteiger charge is -2.10. The lowest BCUT2D eigenvalue weighted by atomic mass is 10.3. The molecule has 136 valence electrons. The Morgan fingerprint density at radius 1 is 1.37 bits per heavy atom. The molecule has 0 aliphatic carbocycles. The van der Waals surface area contributed by atoms with Crippen LogP contribution in [-0.2, 0) is 0 Å². The van der Waals surface area contributed by atoms with Gasteiger partial charge in [0.2, 0.25) is 0 Å². The van der Waals surface area contributed by atoms with E-state index in [1.807, 2.05) is 0 Å². The van der Waals surface area contributed by atoms with Crippen LogP contribution in [0.5, 0.6) is 0 Å². The van der Waals surface area contributed by atoms with Crippen molar-refractivity contribution in [3.05, 3.63) is 59.0 Å². The number of nitrogens with one attached hydrogen (secondary N) is 2. The van der Waals surface area contributed by atoms with Gasteiger partial charge in [-0.05, 0) is 12.1 Å². The van der Waals surface area contributed by atoms with E-state index in [1.165, 1.54) is 33.9 Å².